The van der Waals surface area contributed by atoms with Crippen molar-refractivity contribution in [3.05, 3.63) is 46.3 Å². The van der Waals surface area contributed by atoms with Crippen LogP contribution in [0.2, 0.25) is 0 Å². The molecule has 0 saturated heterocycles. The minimum atomic E-state index is -0.374. The molecule has 1 aromatic carbocycles. The van der Waals surface area contributed by atoms with Crippen LogP contribution in [-0.2, 0) is 17.6 Å². The molecule has 0 aliphatic heterocycles. The molecule has 4 nitrogen and oxygen atoms in total. The van der Waals surface area contributed by atoms with E-state index in [1.54, 1.807) is 11.3 Å². The highest BCUT2D eigenvalue weighted by molar-refractivity contribution is 7.16. The lowest BCUT2D eigenvalue weighted by atomic mass is 10.1. The maximum absolute atomic E-state index is 12.5. The van der Waals surface area contributed by atoms with E-state index in [0.29, 0.717) is 10.6 Å². The van der Waals surface area contributed by atoms with Crippen molar-refractivity contribution in [2.75, 3.05) is 10.6 Å². The lowest BCUT2D eigenvalue weighted by molar-refractivity contribution is -0.116. The van der Waals surface area contributed by atoms with E-state index in [2.05, 4.69) is 16.7 Å². The Morgan fingerprint density at radius 3 is 2.71 bits per heavy atom. The van der Waals surface area contributed by atoms with Crippen LogP contribution in [0.5, 0.6) is 0 Å². The average Bonchev–Trinajstić information content (AvgIpc) is 2.75. The number of aryl methyl sites for hydroxylation is 1. The number of hydrogen-bond donors (Lipinski definition) is 2. The number of nitriles is 1. The molecule has 0 bridgehead atoms. The van der Waals surface area contributed by atoms with Crippen LogP contribution >= 0.6 is 11.3 Å². The van der Waals surface area contributed by atoms with Crippen molar-refractivity contribution in [1.82, 2.24) is 0 Å². The number of nitrogens with one attached hydrogen (secondary N) is 2. The second-order valence-corrected chi connectivity index (χ2v) is 7.21. The van der Waals surface area contributed by atoms with Gasteiger partial charge < -0.3 is 10.6 Å². The van der Waals surface area contributed by atoms with E-state index < -0.39 is 0 Å². The van der Waals surface area contributed by atoms with E-state index in [4.69, 9.17) is 0 Å². The number of carbonyl (C=O) groups is 1. The molecule has 0 spiro atoms. The van der Waals surface area contributed by atoms with Crippen LogP contribution in [-0.4, -0.2) is 11.9 Å². The number of fused-ring (bicyclic) bond motifs is 1. The van der Waals surface area contributed by atoms with Crippen LogP contribution in [0.3, 0.4) is 0 Å². The summed E-state index contributed by atoms with van der Waals surface area (Å²) in [5.74, 6) is -0.119. The molecule has 1 aliphatic rings. The fraction of sp³-hybridized carbons (Fsp3) is 0.368. The average molecular weight is 339 g/mol. The van der Waals surface area contributed by atoms with Crippen molar-refractivity contribution in [2.24, 2.45) is 0 Å². The first-order valence-corrected chi connectivity index (χ1v) is 9.17. The molecule has 1 atom stereocenters. The molecule has 124 valence electrons. The first kappa shape index (κ1) is 16.5. The van der Waals surface area contributed by atoms with Gasteiger partial charge in [0, 0.05) is 10.6 Å². The number of thiophene rings is 1. The van der Waals surface area contributed by atoms with Gasteiger partial charge in [0.15, 0.2) is 0 Å². The summed E-state index contributed by atoms with van der Waals surface area (Å²) in [6, 6.07) is 11.6. The summed E-state index contributed by atoms with van der Waals surface area (Å²) in [7, 11) is 0. The maximum atomic E-state index is 12.5. The molecule has 1 aliphatic carbocycles. The van der Waals surface area contributed by atoms with Crippen molar-refractivity contribution in [1.29, 1.82) is 5.26 Å². The largest absolute Gasteiger partial charge is 0.374 e. The van der Waals surface area contributed by atoms with Crippen molar-refractivity contribution < 1.29 is 4.79 Å². The first-order valence-electron chi connectivity index (χ1n) is 8.36. The molecule has 0 radical (unpaired) electrons. The van der Waals surface area contributed by atoms with Crippen LogP contribution in [0.15, 0.2) is 30.3 Å². The Balaban J connectivity index is 1.73. The van der Waals surface area contributed by atoms with Crippen LogP contribution in [0.1, 0.15) is 42.2 Å². The summed E-state index contributed by atoms with van der Waals surface area (Å²) in [6.07, 6.45) is 5.46. The molecule has 0 fully saturated rings. The molecule has 3 rings (SSSR count). The van der Waals surface area contributed by atoms with Gasteiger partial charge in [-0.25, -0.2) is 0 Å². The van der Waals surface area contributed by atoms with Gasteiger partial charge in [-0.05, 0) is 50.3 Å². The monoisotopic (exact) mass is 339 g/mol. The molecule has 5 heteroatoms. The molecule has 0 saturated carbocycles. The number of para-hydroxylation sites is 1. The number of hydrogen-bond acceptors (Lipinski definition) is 4. The second kappa shape index (κ2) is 7.50. The highest BCUT2D eigenvalue weighted by atomic mass is 32.1. The zero-order valence-electron chi connectivity index (χ0n) is 13.8. The summed E-state index contributed by atoms with van der Waals surface area (Å²) >= 11 is 1.57. The molecular formula is C19H21N3OS. The fourth-order valence-corrected chi connectivity index (χ4v) is 4.26. The van der Waals surface area contributed by atoms with Gasteiger partial charge in [0.05, 0.1) is 5.56 Å². The quantitative estimate of drug-likeness (QED) is 0.815. The first-order chi connectivity index (χ1) is 11.7. The van der Waals surface area contributed by atoms with Gasteiger partial charge in [-0.2, -0.15) is 5.26 Å². The standard InChI is InChI=1S/C19H21N3OS/c1-13(21-14-8-4-2-5-9-14)18(23)22-19-16(12-20)15-10-6-3-7-11-17(15)24-19/h2,4-5,8-9,13,21H,3,6-7,10-11H2,1H3,(H,22,23). The molecular weight excluding hydrogens is 318 g/mol. The van der Waals surface area contributed by atoms with Gasteiger partial charge in [-0.3, -0.25) is 4.79 Å². The summed E-state index contributed by atoms with van der Waals surface area (Å²) in [4.78, 5) is 13.8. The Labute approximate surface area is 146 Å². The van der Waals surface area contributed by atoms with Crippen LogP contribution in [0.4, 0.5) is 10.7 Å². The third-order valence-corrected chi connectivity index (χ3v) is 5.53. The van der Waals surface area contributed by atoms with E-state index in [0.717, 1.165) is 36.9 Å². The predicted octanol–water partition coefficient (Wildman–Crippen LogP) is 4.33. The SMILES string of the molecule is CC(Nc1ccccc1)C(=O)Nc1sc2c(c1C#N)CCCCC2. The van der Waals surface area contributed by atoms with Crippen molar-refractivity contribution in [2.45, 2.75) is 45.1 Å². The number of carbonyl (C=O) groups excluding carboxylic acids is 1. The smallest absolute Gasteiger partial charge is 0.247 e. The van der Waals surface area contributed by atoms with Gasteiger partial charge in [0.1, 0.15) is 17.1 Å². The Kier molecular flexibility index (Phi) is 5.17. The third kappa shape index (κ3) is 3.60. The highest BCUT2D eigenvalue weighted by Gasteiger charge is 2.22. The maximum Gasteiger partial charge on any atom is 0.247 e. The highest BCUT2D eigenvalue weighted by Crippen LogP contribution is 2.37. The minimum Gasteiger partial charge on any atom is -0.374 e. The van der Waals surface area contributed by atoms with E-state index in [1.807, 2.05) is 37.3 Å². The molecule has 1 unspecified atom stereocenters. The van der Waals surface area contributed by atoms with Gasteiger partial charge in [-0.1, -0.05) is 24.6 Å². The summed E-state index contributed by atoms with van der Waals surface area (Å²) in [5, 5.41) is 16.4. The fourth-order valence-electron chi connectivity index (χ4n) is 3.02. The van der Waals surface area contributed by atoms with Crippen molar-refractivity contribution >= 4 is 27.9 Å². The third-order valence-electron chi connectivity index (χ3n) is 4.32. The zero-order valence-corrected chi connectivity index (χ0v) is 14.6. The Morgan fingerprint density at radius 1 is 1.21 bits per heavy atom. The molecule has 1 amide bonds. The van der Waals surface area contributed by atoms with E-state index in [-0.39, 0.29) is 11.9 Å². The van der Waals surface area contributed by atoms with E-state index in [1.165, 1.54) is 11.3 Å². The molecule has 1 heterocycles. The topological polar surface area (TPSA) is 64.9 Å². The molecule has 24 heavy (non-hydrogen) atoms. The van der Waals surface area contributed by atoms with Crippen LogP contribution < -0.4 is 10.6 Å². The normalized spacial score (nSPS) is 14.8. The van der Waals surface area contributed by atoms with E-state index >= 15 is 0 Å². The lowest BCUT2D eigenvalue weighted by Gasteiger charge is -2.14. The molecule has 2 N–H and O–H groups in total. The predicted molar refractivity (Wildman–Crippen MR) is 98.4 cm³/mol. The van der Waals surface area contributed by atoms with Crippen LogP contribution in [0, 0.1) is 11.3 Å². The molecule has 1 aromatic heterocycles. The van der Waals surface area contributed by atoms with Gasteiger partial charge >= 0.3 is 0 Å². The summed E-state index contributed by atoms with van der Waals surface area (Å²) in [6.45, 7) is 1.83. The Morgan fingerprint density at radius 2 is 1.96 bits per heavy atom. The van der Waals surface area contributed by atoms with Gasteiger partial charge in [0.25, 0.3) is 0 Å². The van der Waals surface area contributed by atoms with Crippen molar-refractivity contribution in [3.8, 4) is 6.07 Å². The minimum absolute atomic E-state index is 0.119. The Hall–Kier alpha value is -2.32. The summed E-state index contributed by atoms with van der Waals surface area (Å²) in [5.41, 5.74) is 2.72. The van der Waals surface area contributed by atoms with Crippen LogP contribution in [0.25, 0.3) is 0 Å². The number of benzene rings is 1. The number of anilines is 2. The molecule has 2 aromatic rings. The van der Waals surface area contributed by atoms with Crippen molar-refractivity contribution in [3.63, 3.8) is 0 Å². The van der Waals surface area contributed by atoms with Gasteiger partial charge in [0.2, 0.25) is 5.91 Å². The van der Waals surface area contributed by atoms with E-state index in [9.17, 15) is 10.1 Å². The second-order valence-electron chi connectivity index (χ2n) is 6.10. The number of nitrogens with zero attached hydrogens (tertiary/aromatic N) is 1. The lowest BCUT2D eigenvalue weighted by Crippen LogP contribution is -2.31. The summed E-state index contributed by atoms with van der Waals surface area (Å²) < 4.78 is 0. The zero-order chi connectivity index (χ0) is 16.9. The van der Waals surface area contributed by atoms with Gasteiger partial charge in [-0.15, -0.1) is 11.3 Å². The number of amides is 1. The number of rotatable bonds is 4. The Bertz CT molecular complexity index is 761.